The molecule has 0 fully saturated rings. The number of benzene rings is 2. The van der Waals surface area contributed by atoms with Gasteiger partial charge in [-0.15, -0.1) is 0 Å². The summed E-state index contributed by atoms with van der Waals surface area (Å²) in [6.07, 6.45) is 0. The van der Waals surface area contributed by atoms with Crippen LogP contribution in [-0.4, -0.2) is 21.0 Å². The predicted molar refractivity (Wildman–Crippen MR) is 78.7 cm³/mol. The Balaban J connectivity index is 2.64. The number of para-hydroxylation sites is 1. The molecule has 0 atom stereocenters. The fourth-order valence-corrected chi connectivity index (χ4v) is 1.89. The van der Waals surface area contributed by atoms with Gasteiger partial charge in [-0.1, -0.05) is 18.2 Å². The minimum atomic E-state index is -1.09. The van der Waals surface area contributed by atoms with E-state index in [1.165, 1.54) is 5.48 Å². The number of rotatable bonds is 5. The third-order valence-corrected chi connectivity index (χ3v) is 2.90. The van der Waals surface area contributed by atoms with Crippen LogP contribution in [0.5, 0.6) is 0 Å². The minimum Gasteiger partial charge on any atom is -0.344 e. The summed E-state index contributed by atoms with van der Waals surface area (Å²) in [6.45, 7) is 0. The van der Waals surface area contributed by atoms with Crippen LogP contribution in [0.1, 0.15) is 10.4 Å². The van der Waals surface area contributed by atoms with Gasteiger partial charge in [-0.05, 0) is 12.1 Å². The number of nitro benzene ring substituents is 2. The maximum atomic E-state index is 11.4. The second kappa shape index (κ2) is 6.49. The van der Waals surface area contributed by atoms with Crippen LogP contribution in [0.3, 0.4) is 0 Å². The van der Waals surface area contributed by atoms with E-state index >= 15 is 0 Å². The molecule has 10 nitrogen and oxygen atoms in total. The molecule has 0 aromatic heterocycles. The fourth-order valence-electron chi connectivity index (χ4n) is 1.89. The molecule has 0 radical (unpaired) electrons. The van der Waals surface area contributed by atoms with E-state index in [1.807, 2.05) is 0 Å². The van der Waals surface area contributed by atoms with E-state index in [9.17, 15) is 25.0 Å². The Bertz CT molecular complexity index is 742. The summed E-state index contributed by atoms with van der Waals surface area (Å²) in [5.74, 6) is -1.09. The Morgan fingerprint density at radius 1 is 1.00 bits per heavy atom. The van der Waals surface area contributed by atoms with Gasteiger partial charge in [-0.2, -0.15) is 0 Å². The smallest absolute Gasteiger partial charge is 0.300 e. The zero-order valence-corrected chi connectivity index (χ0v) is 11.4. The number of hydroxylamine groups is 1. The number of hydrogen-bond donors (Lipinski definition) is 3. The first-order chi connectivity index (χ1) is 10.9. The van der Waals surface area contributed by atoms with Gasteiger partial charge < -0.3 is 5.32 Å². The maximum Gasteiger partial charge on any atom is 0.300 e. The van der Waals surface area contributed by atoms with Gasteiger partial charge in [-0.3, -0.25) is 30.2 Å². The van der Waals surface area contributed by atoms with Gasteiger partial charge >= 0.3 is 11.4 Å². The summed E-state index contributed by atoms with van der Waals surface area (Å²) in [4.78, 5) is 32.1. The van der Waals surface area contributed by atoms with Crippen molar-refractivity contribution >= 4 is 28.7 Å². The summed E-state index contributed by atoms with van der Waals surface area (Å²) < 4.78 is 0. The third-order valence-electron chi connectivity index (χ3n) is 2.90. The van der Waals surface area contributed by atoms with Crippen molar-refractivity contribution in [1.29, 1.82) is 0 Å². The Morgan fingerprint density at radius 3 is 1.96 bits per heavy atom. The number of nitrogens with one attached hydrogen (secondary N) is 2. The molecule has 2 aromatic carbocycles. The molecule has 0 bridgehead atoms. The Kier molecular flexibility index (Phi) is 4.47. The van der Waals surface area contributed by atoms with Gasteiger partial charge in [0.05, 0.1) is 15.4 Å². The second-order valence-corrected chi connectivity index (χ2v) is 4.34. The van der Waals surface area contributed by atoms with E-state index in [0.29, 0.717) is 5.69 Å². The van der Waals surface area contributed by atoms with Crippen molar-refractivity contribution in [3.8, 4) is 0 Å². The van der Waals surface area contributed by atoms with Crippen LogP contribution in [0.15, 0.2) is 42.5 Å². The lowest BCUT2D eigenvalue weighted by atomic mass is 10.1. The predicted octanol–water partition coefficient (Wildman–Crippen LogP) is 2.37. The van der Waals surface area contributed by atoms with Gasteiger partial charge in [0.1, 0.15) is 0 Å². The van der Waals surface area contributed by atoms with E-state index in [2.05, 4.69) is 5.32 Å². The standard InChI is InChI=1S/C13H10N4O6/c18-13(15-19)8-6-10(16(20)21)12(11(7-8)17(22)23)14-9-4-2-1-3-5-9/h1-7,14,19H,(H,15,18). The van der Waals surface area contributed by atoms with Crippen molar-refractivity contribution in [2.75, 3.05) is 5.32 Å². The molecule has 0 unspecified atom stereocenters. The van der Waals surface area contributed by atoms with Crippen molar-refractivity contribution in [2.24, 2.45) is 0 Å². The van der Waals surface area contributed by atoms with Crippen LogP contribution < -0.4 is 10.8 Å². The zero-order chi connectivity index (χ0) is 17.0. The van der Waals surface area contributed by atoms with Gasteiger partial charge in [-0.25, -0.2) is 5.48 Å². The van der Waals surface area contributed by atoms with Gasteiger partial charge in [0.25, 0.3) is 5.91 Å². The highest BCUT2D eigenvalue weighted by molar-refractivity contribution is 5.97. The zero-order valence-electron chi connectivity index (χ0n) is 11.4. The lowest BCUT2D eigenvalue weighted by Gasteiger charge is -2.09. The van der Waals surface area contributed by atoms with E-state index in [1.54, 1.807) is 30.3 Å². The number of carbonyl (C=O) groups excluding carboxylic acids is 1. The summed E-state index contributed by atoms with van der Waals surface area (Å²) in [7, 11) is 0. The lowest BCUT2D eigenvalue weighted by molar-refractivity contribution is -0.392. The second-order valence-electron chi connectivity index (χ2n) is 4.34. The molecule has 0 aliphatic carbocycles. The van der Waals surface area contributed by atoms with Gasteiger partial charge in [0.15, 0.2) is 5.69 Å². The van der Waals surface area contributed by atoms with Gasteiger partial charge in [0, 0.05) is 17.8 Å². The van der Waals surface area contributed by atoms with Gasteiger partial charge in [0.2, 0.25) is 0 Å². The molecule has 0 aliphatic rings. The van der Waals surface area contributed by atoms with Crippen molar-refractivity contribution < 1.29 is 19.8 Å². The highest BCUT2D eigenvalue weighted by Crippen LogP contribution is 2.37. The Labute approximate surface area is 128 Å². The summed E-state index contributed by atoms with van der Waals surface area (Å²) >= 11 is 0. The largest absolute Gasteiger partial charge is 0.344 e. The molecule has 0 spiro atoms. The molecular weight excluding hydrogens is 308 g/mol. The highest BCUT2D eigenvalue weighted by Gasteiger charge is 2.28. The molecule has 0 saturated heterocycles. The molecule has 1 amide bonds. The first-order valence-electron chi connectivity index (χ1n) is 6.17. The third kappa shape index (κ3) is 3.39. The Hall–Kier alpha value is -3.53. The SMILES string of the molecule is O=C(NO)c1cc([N+](=O)[O-])c(Nc2ccccc2)c([N+](=O)[O-])c1. The van der Waals surface area contributed by atoms with E-state index in [4.69, 9.17) is 5.21 Å². The molecule has 2 rings (SSSR count). The van der Waals surface area contributed by atoms with Crippen LogP contribution in [0, 0.1) is 20.2 Å². The van der Waals surface area contributed by atoms with Crippen LogP contribution in [0.25, 0.3) is 0 Å². The van der Waals surface area contributed by atoms with Crippen LogP contribution in [0.2, 0.25) is 0 Å². The topological polar surface area (TPSA) is 148 Å². The van der Waals surface area contributed by atoms with Crippen molar-refractivity contribution in [1.82, 2.24) is 5.48 Å². The van der Waals surface area contributed by atoms with E-state index < -0.39 is 32.7 Å². The van der Waals surface area contributed by atoms with Crippen LogP contribution in [0.4, 0.5) is 22.7 Å². The molecule has 118 valence electrons. The summed E-state index contributed by atoms with van der Waals surface area (Å²) in [5.41, 5.74) is -0.424. The van der Waals surface area contributed by atoms with Crippen molar-refractivity contribution in [2.45, 2.75) is 0 Å². The molecule has 0 aliphatic heterocycles. The average Bonchev–Trinajstić information content (AvgIpc) is 2.54. The van der Waals surface area contributed by atoms with Crippen LogP contribution in [-0.2, 0) is 0 Å². The number of nitro groups is 2. The lowest BCUT2D eigenvalue weighted by Crippen LogP contribution is -2.19. The monoisotopic (exact) mass is 318 g/mol. The maximum absolute atomic E-state index is 11.4. The quantitative estimate of drug-likeness (QED) is 0.435. The molecule has 10 heteroatoms. The molecule has 23 heavy (non-hydrogen) atoms. The normalized spacial score (nSPS) is 9.96. The van der Waals surface area contributed by atoms with Crippen LogP contribution >= 0.6 is 0 Å². The average molecular weight is 318 g/mol. The minimum absolute atomic E-state index is 0.360. The fraction of sp³-hybridized carbons (Fsp3) is 0. The van der Waals surface area contributed by atoms with E-state index in [-0.39, 0.29) is 5.69 Å². The van der Waals surface area contributed by atoms with Crippen molar-refractivity contribution in [3.05, 3.63) is 68.3 Å². The first kappa shape index (κ1) is 15.9. The number of nitrogens with zero attached hydrogens (tertiary/aromatic N) is 2. The summed E-state index contributed by atoms with van der Waals surface area (Å²) in [6, 6.07) is 9.82. The Morgan fingerprint density at radius 2 is 1.52 bits per heavy atom. The molecule has 2 aromatic rings. The number of hydrogen-bond acceptors (Lipinski definition) is 7. The number of carbonyl (C=O) groups is 1. The molecular formula is C13H10N4O6. The first-order valence-corrected chi connectivity index (χ1v) is 6.17. The summed E-state index contributed by atoms with van der Waals surface area (Å²) in [5, 5.41) is 33.6. The molecule has 0 heterocycles. The highest BCUT2D eigenvalue weighted by atomic mass is 16.6. The van der Waals surface area contributed by atoms with Crippen molar-refractivity contribution in [3.63, 3.8) is 0 Å². The molecule has 0 saturated carbocycles. The molecule has 3 N–H and O–H groups in total. The number of anilines is 2. The van der Waals surface area contributed by atoms with E-state index in [0.717, 1.165) is 12.1 Å². The number of amides is 1.